The number of hydrogen-bond acceptors (Lipinski definition) is 4. The fraction of sp³-hybridized carbons (Fsp3) is 0.357. The molecule has 2 aromatic rings. The van der Waals surface area contributed by atoms with Gasteiger partial charge in [0.05, 0.1) is 11.1 Å². The molecule has 98 valence electrons. The van der Waals surface area contributed by atoms with Gasteiger partial charge in [-0.2, -0.15) is 0 Å². The number of fused-ring (bicyclic) bond motifs is 1. The Labute approximate surface area is 110 Å². The molecular weight excluding hydrogens is 242 g/mol. The summed E-state index contributed by atoms with van der Waals surface area (Å²) in [4.78, 5) is 19.3. The first-order valence-corrected chi connectivity index (χ1v) is 6.22. The second-order valence-corrected chi connectivity index (χ2v) is 5.65. The molecule has 0 amide bonds. The Bertz CT molecular complexity index is 667. The molecule has 0 bridgehead atoms. The van der Waals surface area contributed by atoms with E-state index in [0.717, 1.165) is 17.6 Å². The van der Waals surface area contributed by atoms with E-state index >= 15 is 0 Å². The van der Waals surface area contributed by atoms with E-state index < -0.39 is 5.97 Å². The Morgan fingerprint density at radius 1 is 1.42 bits per heavy atom. The van der Waals surface area contributed by atoms with Crippen LogP contribution in [0.1, 0.15) is 30.6 Å². The lowest BCUT2D eigenvalue weighted by molar-refractivity contribution is 0.0697. The number of aromatic carboxylic acids is 1. The molecule has 5 nitrogen and oxygen atoms in total. The zero-order valence-electron chi connectivity index (χ0n) is 10.8. The lowest BCUT2D eigenvalue weighted by Gasteiger charge is -2.09. The van der Waals surface area contributed by atoms with Crippen molar-refractivity contribution in [3.05, 3.63) is 30.1 Å². The van der Waals surface area contributed by atoms with Crippen molar-refractivity contribution >= 4 is 22.7 Å². The van der Waals surface area contributed by atoms with Gasteiger partial charge in [0.15, 0.2) is 0 Å². The first-order valence-electron chi connectivity index (χ1n) is 6.22. The topological polar surface area (TPSA) is 75.1 Å². The van der Waals surface area contributed by atoms with Crippen LogP contribution in [0.15, 0.2) is 24.5 Å². The molecule has 1 fully saturated rings. The van der Waals surface area contributed by atoms with Gasteiger partial charge in [-0.25, -0.2) is 14.8 Å². The van der Waals surface area contributed by atoms with Crippen molar-refractivity contribution in [3.63, 3.8) is 0 Å². The predicted octanol–water partition coefficient (Wildman–Crippen LogP) is 2.54. The van der Waals surface area contributed by atoms with Crippen LogP contribution in [-0.2, 0) is 0 Å². The fourth-order valence-corrected chi connectivity index (χ4v) is 2.18. The summed E-state index contributed by atoms with van der Waals surface area (Å²) in [6, 6.07) is 5.33. The van der Waals surface area contributed by atoms with Crippen molar-refractivity contribution in [3.8, 4) is 0 Å². The number of hydrogen-bond donors (Lipinski definition) is 2. The highest BCUT2D eigenvalue weighted by molar-refractivity contribution is 5.96. The maximum atomic E-state index is 10.9. The predicted molar refractivity (Wildman–Crippen MR) is 72.3 cm³/mol. The number of rotatable bonds is 3. The lowest BCUT2D eigenvalue weighted by atomic mass is 10.1. The lowest BCUT2D eigenvalue weighted by Crippen LogP contribution is -2.10. The molecule has 0 aliphatic heterocycles. The van der Waals surface area contributed by atoms with Gasteiger partial charge >= 0.3 is 5.97 Å². The van der Waals surface area contributed by atoms with Gasteiger partial charge in [-0.1, -0.05) is 13.8 Å². The monoisotopic (exact) mass is 257 g/mol. The van der Waals surface area contributed by atoms with Gasteiger partial charge in [0, 0.05) is 11.4 Å². The van der Waals surface area contributed by atoms with Crippen LogP contribution < -0.4 is 5.32 Å². The standard InChI is InChI=1S/C14H15N3O2/c1-14(2)6-11(14)17-12-9-4-3-8(13(18)19)5-10(9)15-7-16-12/h3-5,7,11H,6H2,1-2H3,(H,18,19)(H,15,16,17). The fourth-order valence-electron chi connectivity index (χ4n) is 2.18. The Balaban J connectivity index is 1.99. The van der Waals surface area contributed by atoms with Crippen LogP contribution >= 0.6 is 0 Å². The Hall–Kier alpha value is -2.17. The summed E-state index contributed by atoms with van der Waals surface area (Å²) in [7, 11) is 0. The van der Waals surface area contributed by atoms with Crippen molar-refractivity contribution in [1.82, 2.24) is 9.97 Å². The highest BCUT2D eigenvalue weighted by atomic mass is 16.4. The molecule has 1 unspecified atom stereocenters. The van der Waals surface area contributed by atoms with E-state index in [9.17, 15) is 4.79 Å². The third kappa shape index (κ3) is 2.12. The van der Waals surface area contributed by atoms with Gasteiger partial charge in [-0.3, -0.25) is 0 Å². The van der Waals surface area contributed by atoms with Gasteiger partial charge in [0.1, 0.15) is 12.1 Å². The summed E-state index contributed by atoms with van der Waals surface area (Å²) in [5.41, 5.74) is 1.19. The van der Waals surface area contributed by atoms with Crippen LogP contribution in [0.5, 0.6) is 0 Å². The van der Waals surface area contributed by atoms with Crippen molar-refractivity contribution in [1.29, 1.82) is 0 Å². The molecule has 0 saturated heterocycles. The zero-order valence-corrected chi connectivity index (χ0v) is 10.8. The van der Waals surface area contributed by atoms with E-state index in [1.54, 1.807) is 18.2 Å². The second kappa shape index (κ2) is 3.91. The molecule has 1 heterocycles. The Kier molecular flexibility index (Phi) is 2.45. The van der Waals surface area contributed by atoms with Crippen molar-refractivity contribution < 1.29 is 9.90 Å². The molecule has 1 atom stereocenters. The van der Waals surface area contributed by atoms with Crippen LogP contribution in [0.3, 0.4) is 0 Å². The van der Waals surface area contributed by atoms with E-state index in [1.807, 2.05) is 0 Å². The number of benzene rings is 1. The Morgan fingerprint density at radius 2 is 2.16 bits per heavy atom. The first kappa shape index (κ1) is 11.9. The molecule has 0 spiro atoms. The summed E-state index contributed by atoms with van der Waals surface area (Å²) >= 11 is 0. The maximum Gasteiger partial charge on any atom is 0.335 e. The highest BCUT2D eigenvalue weighted by Crippen LogP contribution is 2.46. The van der Waals surface area contributed by atoms with Gasteiger partial charge in [-0.05, 0) is 30.0 Å². The minimum atomic E-state index is -0.946. The molecule has 5 heteroatoms. The van der Waals surface area contributed by atoms with E-state index in [4.69, 9.17) is 5.11 Å². The number of carboxylic acids is 1. The summed E-state index contributed by atoms with van der Waals surface area (Å²) in [6.45, 7) is 4.41. The van der Waals surface area contributed by atoms with Crippen LogP contribution in [0, 0.1) is 5.41 Å². The molecule has 1 aliphatic carbocycles. The number of aromatic nitrogens is 2. The van der Waals surface area contributed by atoms with Crippen molar-refractivity contribution in [2.75, 3.05) is 5.32 Å². The van der Waals surface area contributed by atoms with E-state index in [-0.39, 0.29) is 5.56 Å². The molecule has 1 aliphatic rings. The van der Waals surface area contributed by atoms with Crippen LogP contribution in [0.25, 0.3) is 10.9 Å². The maximum absolute atomic E-state index is 10.9. The third-order valence-corrected chi connectivity index (χ3v) is 3.71. The van der Waals surface area contributed by atoms with Gasteiger partial charge in [0.25, 0.3) is 0 Å². The average molecular weight is 257 g/mol. The largest absolute Gasteiger partial charge is 0.478 e. The smallest absolute Gasteiger partial charge is 0.335 e. The molecule has 1 aromatic carbocycles. The SMILES string of the molecule is CC1(C)CC1Nc1ncnc2cc(C(=O)O)ccc12. The van der Waals surface area contributed by atoms with E-state index in [2.05, 4.69) is 29.1 Å². The van der Waals surface area contributed by atoms with Gasteiger partial charge in [0.2, 0.25) is 0 Å². The first-order chi connectivity index (χ1) is 8.97. The van der Waals surface area contributed by atoms with Crippen molar-refractivity contribution in [2.45, 2.75) is 26.3 Å². The average Bonchev–Trinajstić information content (AvgIpc) is 2.96. The number of carbonyl (C=O) groups is 1. The molecule has 1 saturated carbocycles. The molecular formula is C14H15N3O2. The number of carboxylic acid groups (broad SMARTS) is 1. The number of nitrogens with zero attached hydrogens (tertiary/aromatic N) is 2. The quantitative estimate of drug-likeness (QED) is 0.883. The van der Waals surface area contributed by atoms with Gasteiger partial charge < -0.3 is 10.4 Å². The van der Waals surface area contributed by atoms with E-state index in [1.165, 1.54) is 6.33 Å². The van der Waals surface area contributed by atoms with E-state index in [0.29, 0.717) is 17.0 Å². The Morgan fingerprint density at radius 3 is 2.79 bits per heavy atom. The molecule has 0 radical (unpaired) electrons. The number of nitrogens with one attached hydrogen (secondary N) is 1. The van der Waals surface area contributed by atoms with Crippen molar-refractivity contribution in [2.24, 2.45) is 5.41 Å². The van der Waals surface area contributed by atoms with Crippen LogP contribution in [-0.4, -0.2) is 27.1 Å². The van der Waals surface area contributed by atoms with Crippen LogP contribution in [0.2, 0.25) is 0 Å². The summed E-state index contributed by atoms with van der Waals surface area (Å²) in [6.07, 6.45) is 2.58. The second-order valence-electron chi connectivity index (χ2n) is 5.65. The van der Waals surface area contributed by atoms with Crippen LogP contribution in [0.4, 0.5) is 5.82 Å². The minimum Gasteiger partial charge on any atom is -0.478 e. The number of anilines is 1. The molecule has 3 rings (SSSR count). The third-order valence-electron chi connectivity index (χ3n) is 3.71. The normalized spacial score (nSPS) is 20.2. The molecule has 19 heavy (non-hydrogen) atoms. The highest BCUT2D eigenvalue weighted by Gasteiger charge is 2.46. The minimum absolute atomic E-state index is 0.240. The molecule has 1 aromatic heterocycles. The summed E-state index contributed by atoms with van der Waals surface area (Å²) in [5, 5.41) is 13.2. The summed E-state index contributed by atoms with van der Waals surface area (Å²) < 4.78 is 0. The summed E-state index contributed by atoms with van der Waals surface area (Å²) in [5.74, 6) is -0.170. The zero-order chi connectivity index (χ0) is 13.6. The molecule has 2 N–H and O–H groups in total. The van der Waals surface area contributed by atoms with Gasteiger partial charge in [-0.15, -0.1) is 0 Å².